The van der Waals surface area contributed by atoms with Gasteiger partial charge in [0.2, 0.25) is 5.91 Å². The molecule has 1 rings (SSSR count). The number of carbonyl (C=O) groups is 1. The van der Waals surface area contributed by atoms with Gasteiger partial charge < -0.3 is 10.0 Å². The number of carbonyl (C=O) groups excluding carboxylic acids is 1. The number of amides is 1. The molecule has 18 heavy (non-hydrogen) atoms. The van der Waals surface area contributed by atoms with Gasteiger partial charge >= 0.3 is 0 Å². The number of hydrogen-bond acceptors (Lipinski definition) is 2. The lowest BCUT2D eigenvalue weighted by Crippen LogP contribution is -2.47. The van der Waals surface area contributed by atoms with Gasteiger partial charge in [-0.05, 0) is 32.4 Å². The van der Waals surface area contributed by atoms with Crippen LogP contribution in [0, 0.1) is 6.92 Å². The molecule has 98 valence electrons. The maximum Gasteiger partial charge on any atom is 0.246 e. The minimum atomic E-state index is -0.547. The van der Waals surface area contributed by atoms with E-state index < -0.39 is 5.54 Å². The second kappa shape index (κ2) is 5.83. The van der Waals surface area contributed by atoms with Crippen LogP contribution in [0.1, 0.15) is 25.0 Å². The topological polar surface area (TPSA) is 40.5 Å². The van der Waals surface area contributed by atoms with Crippen molar-refractivity contribution in [2.24, 2.45) is 0 Å². The fourth-order valence-electron chi connectivity index (χ4n) is 1.36. The van der Waals surface area contributed by atoms with Gasteiger partial charge in [-0.1, -0.05) is 29.8 Å². The van der Waals surface area contributed by atoms with E-state index >= 15 is 0 Å². The molecule has 0 bridgehead atoms. The van der Waals surface area contributed by atoms with Crippen molar-refractivity contribution in [3.63, 3.8) is 0 Å². The molecule has 0 aliphatic rings. The number of aryl methyl sites for hydroxylation is 1. The highest BCUT2D eigenvalue weighted by Gasteiger charge is 2.25. The Morgan fingerprint density at radius 3 is 2.39 bits per heavy atom. The van der Waals surface area contributed by atoms with Gasteiger partial charge in [0, 0.05) is 13.1 Å². The molecule has 0 aliphatic carbocycles. The SMILES string of the molecule is Cc1ccc(/C=C/C(=O)N(C)C(C)(C)CO)cc1. The smallest absolute Gasteiger partial charge is 0.246 e. The lowest BCUT2D eigenvalue weighted by molar-refractivity contribution is -0.130. The normalized spacial score (nSPS) is 11.8. The molecular formula is C15H21NO2. The molecule has 1 aromatic rings. The first kappa shape index (κ1) is 14.5. The van der Waals surface area contributed by atoms with Crippen molar-refractivity contribution in [2.45, 2.75) is 26.3 Å². The van der Waals surface area contributed by atoms with Crippen LogP contribution in [0.2, 0.25) is 0 Å². The first-order valence-electron chi connectivity index (χ1n) is 6.00. The molecule has 0 heterocycles. The Morgan fingerprint density at radius 2 is 1.89 bits per heavy atom. The van der Waals surface area contributed by atoms with Crippen molar-refractivity contribution >= 4 is 12.0 Å². The van der Waals surface area contributed by atoms with E-state index in [-0.39, 0.29) is 12.5 Å². The lowest BCUT2D eigenvalue weighted by Gasteiger charge is -2.33. The Bertz CT molecular complexity index is 432. The number of aliphatic hydroxyl groups excluding tert-OH is 1. The predicted octanol–water partition coefficient (Wildman–Crippen LogP) is 2.24. The molecule has 1 N–H and O–H groups in total. The average molecular weight is 247 g/mol. The zero-order chi connectivity index (χ0) is 13.8. The first-order chi connectivity index (χ1) is 8.36. The van der Waals surface area contributed by atoms with Crippen molar-refractivity contribution in [2.75, 3.05) is 13.7 Å². The summed E-state index contributed by atoms with van der Waals surface area (Å²) in [6.07, 6.45) is 3.31. The Morgan fingerprint density at radius 1 is 1.33 bits per heavy atom. The highest BCUT2D eigenvalue weighted by atomic mass is 16.3. The summed E-state index contributed by atoms with van der Waals surface area (Å²) >= 11 is 0. The molecule has 1 aromatic carbocycles. The zero-order valence-corrected chi connectivity index (χ0v) is 11.5. The Kier molecular flexibility index (Phi) is 4.68. The monoisotopic (exact) mass is 247 g/mol. The minimum Gasteiger partial charge on any atom is -0.394 e. The van der Waals surface area contributed by atoms with Crippen molar-refractivity contribution in [3.05, 3.63) is 41.5 Å². The highest BCUT2D eigenvalue weighted by Crippen LogP contribution is 2.12. The fraction of sp³-hybridized carbons (Fsp3) is 0.400. The maximum absolute atomic E-state index is 11.9. The van der Waals surface area contributed by atoms with Gasteiger partial charge in [0.05, 0.1) is 12.1 Å². The van der Waals surface area contributed by atoms with E-state index in [1.807, 2.05) is 45.0 Å². The molecule has 0 saturated carbocycles. The third kappa shape index (κ3) is 3.70. The predicted molar refractivity (Wildman–Crippen MR) is 74.1 cm³/mol. The summed E-state index contributed by atoms with van der Waals surface area (Å²) in [5.41, 5.74) is 1.63. The first-order valence-corrected chi connectivity index (χ1v) is 6.00. The van der Waals surface area contributed by atoms with Gasteiger partial charge in [0.15, 0.2) is 0 Å². The quantitative estimate of drug-likeness (QED) is 0.829. The number of aliphatic hydroxyl groups is 1. The van der Waals surface area contributed by atoms with Crippen LogP contribution in [0.3, 0.4) is 0 Å². The number of hydrogen-bond donors (Lipinski definition) is 1. The van der Waals surface area contributed by atoms with Crippen LogP contribution in [-0.4, -0.2) is 35.1 Å². The lowest BCUT2D eigenvalue weighted by atomic mass is 10.1. The van der Waals surface area contributed by atoms with Crippen LogP contribution in [0.15, 0.2) is 30.3 Å². The third-order valence-electron chi connectivity index (χ3n) is 3.12. The van der Waals surface area contributed by atoms with Crippen molar-refractivity contribution in [3.8, 4) is 0 Å². The largest absolute Gasteiger partial charge is 0.394 e. The van der Waals surface area contributed by atoms with Crippen LogP contribution < -0.4 is 0 Å². The fourth-order valence-corrected chi connectivity index (χ4v) is 1.36. The molecular weight excluding hydrogens is 226 g/mol. The van der Waals surface area contributed by atoms with Gasteiger partial charge in [-0.15, -0.1) is 0 Å². The minimum absolute atomic E-state index is 0.0619. The second-order valence-corrected chi connectivity index (χ2v) is 5.11. The Hall–Kier alpha value is -1.61. The standard InChI is InChI=1S/C15H21NO2/c1-12-5-7-13(8-6-12)9-10-14(18)16(4)15(2,3)11-17/h5-10,17H,11H2,1-4H3/b10-9+. The number of likely N-dealkylation sites (N-methyl/N-ethyl adjacent to an activating group) is 1. The maximum atomic E-state index is 11.9. The van der Waals surface area contributed by atoms with Crippen LogP contribution >= 0.6 is 0 Å². The zero-order valence-electron chi connectivity index (χ0n) is 11.5. The molecule has 0 atom stereocenters. The number of nitrogens with zero attached hydrogens (tertiary/aromatic N) is 1. The Labute approximate surface area is 109 Å². The van der Waals surface area contributed by atoms with Crippen LogP contribution in [-0.2, 0) is 4.79 Å². The second-order valence-electron chi connectivity index (χ2n) is 5.11. The van der Waals surface area contributed by atoms with Crippen LogP contribution in [0.4, 0.5) is 0 Å². The molecule has 0 aliphatic heterocycles. The molecule has 0 aromatic heterocycles. The van der Waals surface area contributed by atoms with Crippen molar-refractivity contribution in [1.82, 2.24) is 4.90 Å². The summed E-state index contributed by atoms with van der Waals surface area (Å²) < 4.78 is 0. The van der Waals surface area contributed by atoms with E-state index in [4.69, 9.17) is 0 Å². The van der Waals surface area contributed by atoms with Gasteiger partial charge in [-0.3, -0.25) is 4.79 Å². The molecule has 1 amide bonds. The van der Waals surface area contributed by atoms with E-state index in [2.05, 4.69) is 0 Å². The highest BCUT2D eigenvalue weighted by molar-refractivity contribution is 5.92. The van der Waals surface area contributed by atoms with E-state index in [1.54, 1.807) is 13.1 Å². The van der Waals surface area contributed by atoms with Crippen molar-refractivity contribution in [1.29, 1.82) is 0 Å². The van der Waals surface area contributed by atoms with Crippen LogP contribution in [0.25, 0.3) is 6.08 Å². The summed E-state index contributed by atoms with van der Waals surface area (Å²) in [5, 5.41) is 9.21. The molecule has 0 saturated heterocycles. The summed E-state index contributed by atoms with van der Waals surface area (Å²) in [6, 6.07) is 7.95. The summed E-state index contributed by atoms with van der Waals surface area (Å²) in [5.74, 6) is -0.116. The van der Waals surface area contributed by atoms with Gasteiger partial charge in [-0.2, -0.15) is 0 Å². The van der Waals surface area contributed by atoms with E-state index in [0.29, 0.717) is 0 Å². The van der Waals surface area contributed by atoms with Gasteiger partial charge in [0.1, 0.15) is 0 Å². The van der Waals surface area contributed by atoms with E-state index in [1.165, 1.54) is 16.5 Å². The van der Waals surface area contributed by atoms with Crippen LogP contribution in [0.5, 0.6) is 0 Å². The summed E-state index contributed by atoms with van der Waals surface area (Å²) in [4.78, 5) is 13.5. The van der Waals surface area contributed by atoms with Crippen molar-refractivity contribution < 1.29 is 9.90 Å². The number of rotatable bonds is 4. The summed E-state index contributed by atoms with van der Waals surface area (Å²) in [6.45, 7) is 5.61. The molecule has 0 spiro atoms. The molecule has 3 heteroatoms. The number of benzene rings is 1. The average Bonchev–Trinajstić information content (AvgIpc) is 2.36. The molecule has 0 fully saturated rings. The van der Waals surface area contributed by atoms with Gasteiger partial charge in [-0.25, -0.2) is 0 Å². The summed E-state index contributed by atoms with van der Waals surface area (Å²) in [7, 11) is 1.69. The molecule has 0 unspecified atom stereocenters. The molecule has 3 nitrogen and oxygen atoms in total. The van der Waals surface area contributed by atoms with Gasteiger partial charge in [0.25, 0.3) is 0 Å². The van der Waals surface area contributed by atoms with E-state index in [9.17, 15) is 9.90 Å². The van der Waals surface area contributed by atoms with E-state index in [0.717, 1.165) is 5.56 Å². The third-order valence-corrected chi connectivity index (χ3v) is 3.12. The Balaban J connectivity index is 2.73. The molecule has 0 radical (unpaired) electrons.